The average molecular weight is 524 g/mol. The van der Waals surface area contributed by atoms with Crippen LogP contribution >= 0.6 is 0 Å². The third-order valence-electron chi connectivity index (χ3n) is 6.85. The average Bonchev–Trinajstić information content (AvgIpc) is 2.87. The maximum absolute atomic E-state index is 13.3. The van der Waals surface area contributed by atoms with Crippen LogP contribution in [0.1, 0.15) is 43.0 Å². The number of hydrogen-bond acceptors (Lipinski definition) is 11. The highest BCUT2D eigenvalue weighted by Crippen LogP contribution is 2.51. The van der Waals surface area contributed by atoms with Crippen LogP contribution in [-0.2, 0) is 15.1 Å². The summed E-state index contributed by atoms with van der Waals surface area (Å²) in [7, 11) is 0. The molecule has 0 bridgehead atoms. The van der Waals surface area contributed by atoms with Crippen LogP contribution in [0.15, 0.2) is 54.6 Å². The first kappa shape index (κ1) is 25.6. The highest BCUT2D eigenvalue weighted by atomic mass is 16.7. The number of ether oxygens (including phenoxy) is 2. The highest BCUT2D eigenvalue weighted by molar-refractivity contribution is 6.16. The van der Waals surface area contributed by atoms with Crippen molar-refractivity contribution < 1.29 is 54.8 Å². The zero-order valence-electron chi connectivity index (χ0n) is 19.8. The number of aromatic hydroxyl groups is 3. The molecule has 11 nitrogen and oxygen atoms in total. The minimum Gasteiger partial charge on any atom is -0.508 e. The maximum Gasteiger partial charge on any atom is 0.340 e. The van der Waals surface area contributed by atoms with Gasteiger partial charge in [0, 0.05) is 17.2 Å². The van der Waals surface area contributed by atoms with Gasteiger partial charge < -0.3 is 45.2 Å². The molecule has 1 heterocycles. The number of benzene rings is 3. The van der Waals surface area contributed by atoms with Gasteiger partial charge in [0.1, 0.15) is 47.3 Å². The molecule has 1 aliphatic carbocycles. The van der Waals surface area contributed by atoms with E-state index in [4.69, 9.17) is 9.47 Å². The first-order chi connectivity index (χ1) is 17.9. The van der Waals surface area contributed by atoms with Crippen molar-refractivity contribution in [2.75, 3.05) is 0 Å². The standard InChI is InChI=1S/C27H24O11/c1-11-7-14-18(16(29)8-11)20(31)19-15(9-13(28)10-17(19)30)27(14,36)24-22(33)21(32)23(34)26(37-24)38-25(35)12-5-3-2-4-6-12/h2-10,21-24,26,28-30,32-34,36H,1H3. The Morgan fingerprint density at radius 1 is 0.868 bits per heavy atom. The molecule has 0 aromatic heterocycles. The van der Waals surface area contributed by atoms with Gasteiger partial charge in [0.05, 0.1) is 16.7 Å². The maximum atomic E-state index is 13.3. The molecule has 198 valence electrons. The van der Waals surface area contributed by atoms with Crippen LogP contribution in [0.3, 0.4) is 0 Å². The van der Waals surface area contributed by atoms with Crippen molar-refractivity contribution >= 4 is 11.8 Å². The van der Waals surface area contributed by atoms with E-state index in [-0.39, 0.29) is 11.1 Å². The molecule has 0 amide bonds. The lowest BCUT2D eigenvalue weighted by atomic mass is 9.68. The highest BCUT2D eigenvalue weighted by Gasteiger charge is 2.59. The summed E-state index contributed by atoms with van der Waals surface area (Å²) in [5.41, 5.74) is -3.72. The largest absolute Gasteiger partial charge is 0.508 e. The van der Waals surface area contributed by atoms with E-state index in [1.807, 2.05) is 0 Å². The lowest BCUT2D eigenvalue weighted by Gasteiger charge is -2.48. The van der Waals surface area contributed by atoms with Crippen LogP contribution in [0.2, 0.25) is 0 Å². The van der Waals surface area contributed by atoms with Crippen LogP contribution in [0, 0.1) is 6.92 Å². The van der Waals surface area contributed by atoms with Crippen molar-refractivity contribution in [1.82, 2.24) is 0 Å². The Bertz CT molecular complexity index is 1370. The second kappa shape index (κ2) is 9.08. The number of phenols is 3. The third kappa shape index (κ3) is 3.80. The molecule has 3 aromatic carbocycles. The number of aryl methyl sites for hydroxylation is 1. The van der Waals surface area contributed by atoms with E-state index in [2.05, 4.69) is 0 Å². The molecule has 38 heavy (non-hydrogen) atoms. The Morgan fingerprint density at radius 2 is 1.47 bits per heavy atom. The molecule has 1 aliphatic heterocycles. The Morgan fingerprint density at radius 3 is 2.13 bits per heavy atom. The fourth-order valence-corrected chi connectivity index (χ4v) is 5.07. The lowest BCUT2D eigenvalue weighted by molar-refractivity contribution is -0.308. The molecule has 3 aromatic rings. The zero-order valence-corrected chi connectivity index (χ0v) is 19.8. The second-order valence-electron chi connectivity index (χ2n) is 9.36. The molecule has 6 unspecified atom stereocenters. The molecule has 6 atom stereocenters. The van der Waals surface area contributed by atoms with E-state index in [9.17, 15) is 45.3 Å². The molecule has 0 saturated carbocycles. The van der Waals surface area contributed by atoms with E-state index < -0.39 is 82.0 Å². The van der Waals surface area contributed by atoms with Gasteiger partial charge in [-0.15, -0.1) is 0 Å². The van der Waals surface area contributed by atoms with Gasteiger partial charge in [0.25, 0.3) is 0 Å². The van der Waals surface area contributed by atoms with E-state index in [0.717, 1.165) is 12.1 Å². The minimum absolute atomic E-state index is 0.0912. The first-order valence-electron chi connectivity index (χ1n) is 11.6. The summed E-state index contributed by atoms with van der Waals surface area (Å²) in [4.78, 5) is 26.0. The van der Waals surface area contributed by atoms with Gasteiger partial charge in [-0.2, -0.15) is 0 Å². The van der Waals surface area contributed by atoms with E-state index in [1.165, 1.54) is 24.3 Å². The lowest BCUT2D eigenvalue weighted by Crippen LogP contribution is -2.65. The van der Waals surface area contributed by atoms with Crippen molar-refractivity contribution in [2.24, 2.45) is 0 Å². The summed E-state index contributed by atoms with van der Waals surface area (Å²) in [5, 5.41) is 75.8. The first-order valence-corrected chi connectivity index (χ1v) is 11.6. The van der Waals surface area contributed by atoms with Crippen LogP contribution in [0.4, 0.5) is 0 Å². The molecule has 1 fully saturated rings. The number of carbonyl (C=O) groups excluding carboxylic acids is 2. The van der Waals surface area contributed by atoms with Gasteiger partial charge in [0.2, 0.25) is 12.1 Å². The van der Waals surface area contributed by atoms with Crippen molar-refractivity contribution in [3.63, 3.8) is 0 Å². The number of fused-ring (bicyclic) bond motifs is 2. The number of rotatable bonds is 3. The monoisotopic (exact) mass is 524 g/mol. The smallest absolute Gasteiger partial charge is 0.340 e. The summed E-state index contributed by atoms with van der Waals surface area (Å²) in [5.74, 6) is -3.64. The number of phenolic OH excluding ortho intramolecular Hbond substituents is 3. The van der Waals surface area contributed by atoms with E-state index >= 15 is 0 Å². The van der Waals surface area contributed by atoms with Crippen LogP contribution in [0.5, 0.6) is 17.2 Å². The summed E-state index contributed by atoms with van der Waals surface area (Å²) >= 11 is 0. The number of aliphatic hydroxyl groups excluding tert-OH is 3. The van der Waals surface area contributed by atoms with Crippen molar-refractivity contribution in [2.45, 2.75) is 43.2 Å². The van der Waals surface area contributed by atoms with Gasteiger partial charge in [-0.1, -0.05) is 24.3 Å². The number of ketones is 1. The number of aliphatic hydroxyl groups is 4. The number of esters is 1. The van der Waals surface area contributed by atoms with E-state index in [0.29, 0.717) is 5.56 Å². The van der Waals surface area contributed by atoms with Crippen molar-refractivity contribution in [1.29, 1.82) is 0 Å². The van der Waals surface area contributed by atoms with Gasteiger partial charge in [-0.25, -0.2) is 4.79 Å². The molecule has 5 rings (SSSR count). The molecule has 0 spiro atoms. The quantitative estimate of drug-likeness (QED) is 0.237. The normalized spacial score (nSPS) is 28.3. The number of hydrogen-bond donors (Lipinski definition) is 7. The Labute approximate surface area is 215 Å². The Balaban J connectivity index is 1.67. The van der Waals surface area contributed by atoms with E-state index in [1.54, 1.807) is 25.1 Å². The van der Waals surface area contributed by atoms with Crippen molar-refractivity contribution in [3.8, 4) is 17.2 Å². The van der Waals surface area contributed by atoms with Gasteiger partial charge >= 0.3 is 5.97 Å². The number of carbonyl (C=O) groups is 2. The van der Waals surface area contributed by atoms with Gasteiger partial charge in [-0.3, -0.25) is 4.79 Å². The SMILES string of the molecule is Cc1cc(O)c2c(c1)C(O)(C1OC(OC(=O)c3ccccc3)C(O)C(O)C1O)c1cc(O)cc(O)c1C2=O. The zero-order chi connectivity index (χ0) is 27.5. The molecule has 7 N–H and O–H groups in total. The summed E-state index contributed by atoms with van der Waals surface area (Å²) in [6.45, 7) is 1.56. The van der Waals surface area contributed by atoms with Crippen LogP contribution in [0.25, 0.3) is 0 Å². The second-order valence-corrected chi connectivity index (χ2v) is 9.36. The molecular weight excluding hydrogens is 500 g/mol. The molecule has 0 radical (unpaired) electrons. The summed E-state index contributed by atoms with van der Waals surface area (Å²) < 4.78 is 11.0. The molecule has 1 saturated heterocycles. The summed E-state index contributed by atoms with van der Waals surface area (Å²) in [6, 6.07) is 12.1. The third-order valence-corrected chi connectivity index (χ3v) is 6.85. The topological polar surface area (TPSA) is 194 Å². The van der Waals surface area contributed by atoms with Gasteiger partial charge in [0.15, 0.2) is 0 Å². The van der Waals surface area contributed by atoms with Crippen LogP contribution < -0.4 is 0 Å². The Hall–Kier alpha value is -4.00. The fraction of sp³-hybridized carbons (Fsp3) is 0.259. The molecular formula is C27H24O11. The van der Waals surface area contributed by atoms with Crippen molar-refractivity contribution in [3.05, 3.63) is 88.0 Å². The minimum atomic E-state index is -2.61. The van der Waals surface area contributed by atoms with Gasteiger partial charge in [-0.05, 0) is 36.8 Å². The summed E-state index contributed by atoms with van der Waals surface area (Å²) in [6.07, 6.45) is -9.83. The predicted molar refractivity (Wildman–Crippen MR) is 128 cm³/mol. The fourth-order valence-electron chi connectivity index (χ4n) is 5.07. The van der Waals surface area contributed by atoms with Crippen LogP contribution in [-0.4, -0.2) is 78.2 Å². The Kier molecular flexibility index (Phi) is 6.13. The molecule has 2 aliphatic rings. The predicted octanol–water partition coefficient (Wildman–Crippen LogP) is 0.557. The molecule has 11 heteroatoms.